The van der Waals surface area contributed by atoms with Gasteiger partial charge in [-0.25, -0.2) is 0 Å². The van der Waals surface area contributed by atoms with Crippen molar-refractivity contribution in [3.05, 3.63) is 35.5 Å². The van der Waals surface area contributed by atoms with Gasteiger partial charge in [0.1, 0.15) is 17.5 Å². The molecule has 1 saturated heterocycles. The van der Waals surface area contributed by atoms with E-state index in [1.807, 2.05) is 26.0 Å². The zero-order chi connectivity index (χ0) is 15.4. The number of nitrogens with one attached hydrogen (secondary N) is 2. The van der Waals surface area contributed by atoms with E-state index in [1.54, 1.807) is 25.3 Å². The third kappa shape index (κ3) is 3.42. The molecular formula is C16H20N2O3. The largest absolute Gasteiger partial charge is 0.497 e. The molecule has 1 aliphatic rings. The summed E-state index contributed by atoms with van der Waals surface area (Å²) >= 11 is 0. The van der Waals surface area contributed by atoms with Crippen molar-refractivity contribution in [2.45, 2.75) is 26.3 Å². The summed E-state index contributed by atoms with van der Waals surface area (Å²) in [7, 11) is 1.59. The lowest BCUT2D eigenvalue weighted by Crippen LogP contribution is -2.57. The van der Waals surface area contributed by atoms with Crippen LogP contribution in [0.2, 0.25) is 0 Å². The van der Waals surface area contributed by atoms with Crippen LogP contribution < -0.4 is 15.4 Å². The maximum Gasteiger partial charge on any atom is 0.268 e. The minimum absolute atomic E-state index is 0.108. The smallest absolute Gasteiger partial charge is 0.268 e. The molecular weight excluding hydrogens is 268 g/mol. The summed E-state index contributed by atoms with van der Waals surface area (Å²) < 4.78 is 5.08. The van der Waals surface area contributed by atoms with Crippen molar-refractivity contribution in [3.63, 3.8) is 0 Å². The number of carbonyl (C=O) groups excluding carboxylic acids is 2. The molecule has 0 aromatic heterocycles. The van der Waals surface area contributed by atoms with Crippen molar-refractivity contribution in [3.8, 4) is 5.75 Å². The molecule has 2 amide bonds. The molecule has 0 spiro atoms. The first-order valence-electron chi connectivity index (χ1n) is 7.02. The van der Waals surface area contributed by atoms with Gasteiger partial charge in [-0.3, -0.25) is 9.59 Å². The van der Waals surface area contributed by atoms with Gasteiger partial charge in [-0.05, 0) is 29.7 Å². The SMILES string of the molecule is CCC(C)[C@H]1NC(=O)/C(=C\c2ccc(OC)cc2)NC1=O. The van der Waals surface area contributed by atoms with Gasteiger partial charge in [0, 0.05) is 0 Å². The fourth-order valence-electron chi connectivity index (χ4n) is 2.16. The number of hydrogen-bond donors (Lipinski definition) is 2. The second-order valence-corrected chi connectivity index (χ2v) is 5.16. The molecule has 21 heavy (non-hydrogen) atoms. The van der Waals surface area contributed by atoms with Gasteiger partial charge in [0.15, 0.2) is 0 Å². The molecule has 0 saturated carbocycles. The molecule has 5 heteroatoms. The topological polar surface area (TPSA) is 67.4 Å². The standard InChI is InChI=1S/C16H20N2O3/c1-4-10(2)14-16(20)17-13(15(19)18-14)9-11-5-7-12(21-3)8-6-11/h5-10,14H,4H2,1-3H3,(H,17,20)(H,18,19)/b13-9+/t10?,14-/m1/s1. The van der Waals surface area contributed by atoms with E-state index in [-0.39, 0.29) is 23.4 Å². The zero-order valence-corrected chi connectivity index (χ0v) is 12.5. The molecule has 1 aromatic carbocycles. The average molecular weight is 288 g/mol. The summed E-state index contributed by atoms with van der Waals surface area (Å²) in [4.78, 5) is 24.1. The molecule has 1 heterocycles. The normalized spacial score (nSPS) is 21.7. The Morgan fingerprint density at radius 2 is 1.95 bits per heavy atom. The Hall–Kier alpha value is -2.30. The lowest BCUT2D eigenvalue weighted by Gasteiger charge is -2.28. The number of benzene rings is 1. The van der Waals surface area contributed by atoms with E-state index in [1.165, 1.54) is 0 Å². The van der Waals surface area contributed by atoms with Gasteiger partial charge in [-0.15, -0.1) is 0 Å². The number of piperazine rings is 1. The van der Waals surface area contributed by atoms with Crippen LogP contribution in [0.15, 0.2) is 30.0 Å². The highest BCUT2D eigenvalue weighted by Gasteiger charge is 2.32. The van der Waals surface area contributed by atoms with Gasteiger partial charge in [0.2, 0.25) is 5.91 Å². The summed E-state index contributed by atoms with van der Waals surface area (Å²) in [6.07, 6.45) is 2.48. The van der Waals surface area contributed by atoms with Crippen LogP contribution in [0, 0.1) is 5.92 Å². The minimum atomic E-state index is -0.462. The van der Waals surface area contributed by atoms with Crippen LogP contribution in [0.3, 0.4) is 0 Å². The van der Waals surface area contributed by atoms with Crippen LogP contribution in [-0.4, -0.2) is 25.0 Å². The van der Waals surface area contributed by atoms with Gasteiger partial charge in [0.05, 0.1) is 7.11 Å². The van der Waals surface area contributed by atoms with E-state index in [0.29, 0.717) is 0 Å². The highest BCUT2D eigenvalue weighted by Crippen LogP contribution is 2.16. The molecule has 0 aliphatic carbocycles. The second-order valence-electron chi connectivity index (χ2n) is 5.16. The van der Waals surface area contributed by atoms with Crippen LogP contribution in [0.4, 0.5) is 0 Å². The van der Waals surface area contributed by atoms with E-state index in [2.05, 4.69) is 10.6 Å². The van der Waals surface area contributed by atoms with Crippen molar-refractivity contribution in [1.82, 2.24) is 10.6 Å². The molecule has 112 valence electrons. The van der Waals surface area contributed by atoms with Crippen LogP contribution in [0.25, 0.3) is 6.08 Å². The first-order chi connectivity index (χ1) is 10.0. The predicted molar refractivity (Wildman–Crippen MR) is 80.5 cm³/mol. The third-order valence-corrected chi connectivity index (χ3v) is 3.71. The highest BCUT2D eigenvalue weighted by atomic mass is 16.5. The number of ether oxygens (including phenoxy) is 1. The molecule has 2 N–H and O–H groups in total. The van der Waals surface area contributed by atoms with Gasteiger partial charge in [-0.1, -0.05) is 32.4 Å². The number of methoxy groups -OCH3 is 1. The lowest BCUT2D eigenvalue weighted by atomic mass is 9.96. The summed E-state index contributed by atoms with van der Waals surface area (Å²) in [6.45, 7) is 3.94. The fourth-order valence-corrected chi connectivity index (χ4v) is 2.16. The first kappa shape index (κ1) is 15.1. The maximum absolute atomic E-state index is 12.1. The highest BCUT2D eigenvalue weighted by molar-refractivity contribution is 6.07. The summed E-state index contributed by atoms with van der Waals surface area (Å²) in [5, 5.41) is 5.45. The summed E-state index contributed by atoms with van der Waals surface area (Å²) in [6, 6.07) is 6.79. The van der Waals surface area contributed by atoms with E-state index in [4.69, 9.17) is 4.74 Å². The van der Waals surface area contributed by atoms with Crippen LogP contribution >= 0.6 is 0 Å². The Bertz CT molecular complexity index is 563. The quantitative estimate of drug-likeness (QED) is 0.829. The molecule has 1 aliphatic heterocycles. The van der Waals surface area contributed by atoms with Gasteiger partial charge < -0.3 is 15.4 Å². The van der Waals surface area contributed by atoms with Crippen molar-refractivity contribution in [2.75, 3.05) is 7.11 Å². The zero-order valence-electron chi connectivity index (χ0n) is 12.5. The van der Waals surface area contributed by atoms with Crippen molar-refractivity contribution in [2.24, 2.45) is 5.92 Å². The van der Waals surface area contributed by atoms with Crippen LogP contribution in [0.5, 0.6) is 5.75 Å². The Labute approximate surface area is 124 Å². The molecule has 1 unspecified atom stereocenters. The monoisotopic (exact) mass is 288 g/mol. The third-order valence-electron chi connectivity index (χ3n) is 3.71. The van der Waals surface area contributed by atoms with E-state index >= 15 is 0 Å². The number of hydrogen-bond acceptors (Lipinski definition) is 3. The minimum Gasteiger partial charge on any atom is -0.497 e. The van der Waals surface area contributed by atoms with Crippen molar-refractivity contribution in [1.29, 1.82) is 0 Å². The summed E-state index contributed by atoms with van der Waals surface area (Å²) in [5.41, 5.74) is 1.09. The Kier molecular flexibility index (Phi) is 4.62. The molecule has 2 atom stereocenters. The van der Waals surface area contributed by atoms with Crippen molar-refractivity contribution >= 4 is 17.9 Å². The Balaban J connectivity index is 2.16. The lowest BCUT2D eigenvalue weighted by molar-refractivity contribution is -0.132. The Morgan fingerprint density at radius 3 is 2.52 bits per heavy atom. The van der Waals surface area contributed by atoms with Gasteiger partial charge in [0.25, 0.3) is 5.91 Å². The second kappa shape index (κ2) is 6.43. The van der Waals surface area contributed by atoms with Gasteiger partial charge in [-0.2, -0.15) is 0 Å². The van der Waals surface area contributed by atoms with Crippen molar-refractivity contribution < 1.29 is 14.3 Å². The number of amides is 2. The molecule has 0 bridgehead atoms. The Morgan fingerprint density at radius 1 is 1.29 bits per heavy atom. The molecule has 0 radical (unpaired) electrons. The maximum atomic E-state index is 12.1. The van der Waals surface area contributed by atoms with E-state index < -0.39 is 6.04 Å². The summed E-state index contributed by atoms with van der Waals surface area (Å²) in [5.74, 6) is 0.432. The van der Waals surface area contributed by atoms with Crippen LogP contribution in [0.1, 0.15) is 25.8 Å². The number of carbonyl (C=O) groups is 2. The van der Waals surface area contributed by atoms with Gasteiger partial charge >= 0.3 is 0 Å². The molecule has 1 aromatic rings. The van der Waals surface area contributed by atoms with E-state index in [0.717, 1.165) is 17.7 Å². The van der Waals surface area contributed by atoms with E-state index in [9.17, 15) is 9.59 Å². The van der Waals surface area contributed by atoms with Crippen LogP contribution in [-0.2, 0) is 9.59 Å². The molecule has 5 nitrogen and oxygen atoms in total. The number of rotatable bonds is 4. The predicted octanol–water partition coefficient (Wildman–Crippen LogP) is 1.70. The molecule has 2 rings (SSSR count). The average Bonchev–Trinajstić information content (AvgIpc) is 2.50. The fraction of sp³-hybridized carbons (Fsp3) is 0.375. The first-order valence-corrected chi connectivity index (χ1v) is 7.02. The molecule has 1 fully saturated rings.